The van der Waals surface area contributed by atoms with Gasteiger partial charge in [0, 0.05) is 28.8 Å². The molecule has 0 radical (unpaired) electrons. The fraction of sp³-hybridized carbons (Fsp3) is 0.250. The Balaban J connectivity index is 1.94. The summed E-state index contributed by atoms with van der Waals surface area (Å²) < 4.78 is 2.15. The van der Waals surface area contributed by atoms with Crippen molar-refractivity contribution in [3.63, 3.8) is 0 Å². The molecule has 0 saturated carbocycles. The quantitative estimate of drug-likeness (QED) is 0.780. The van der Waals surface area contributed by atoms with Crippen molar-refractivity contribution in [3.8, 4) is 11.3 Å². The minimum atomic E-state index is -0.742. The second-order valence-corrected chi connectivity index (χ2v) is 5.84. The van der Waals surface area contributed by atoms with E-state index in [-0.39, 0.29) is 6.42 Å². The molecule has 4 nitrogen and oxygen atoms in total. The van der Waals surface area contributed by atoms with Gasteiger partial charge in [-0.05, 0) is 19.8 Å². The Bertz CT molecular complexity index is 774. The molecule has 0 aliphatic rings. The lowest BCUT2D eigenvalue weighted by atomic mass is 10.1. The number of carboxylic acids is 1. The number of nitrogens with zero attached hydrogens (tertiary/aromatic N) is 2. The first-order valence-electron chi connectivity index (χ1n) is 6.89. The number of aromatic nitrogens is 2. The van der Waals surface area contributed by atoms with Gasteiger partial charge in [0.15, 0.2) is 4.96 Å². The van der Waals surface area contributed by atoms with E-state index in [0.717, 1.165) is 34.0 Å². The zero-order valence-corrected chi connectivity index (χ0v) is 12.6. The Morgan fingerprint density at radius 3 is 2.81 bits per heavy atom. The fourth-order valence-corrected chi connectivity index (χ4v) is 3.50. The van der Waals surface area contributed by atoms with E-state index in [4.69, 9.17) is 10.1 Å². The number of hydrogen-bond acceptors (Lipinski definition) is 3. The van der Waals surface area contributed by atoms with Crippen LogP contribution in [0.3, 0.4) is 0 Å². The van der Waals surface area contributed by atoms with Gasteiger partial charge in [0.2, 0.25) is 0 Å². The Hall–Kier alpha value is -2.14. The summed E-state index contributed by atoms with van der Waals surface area (Å²) in [5.41, 5.74) is 4.37. The van der Waals surface area contributed by atoms with Crippen LogP contribution in [0, 0.1) is 6.92 Å². The predicted octanol–water partition coefficient (Wildman–Crippen LogP) is 3.78. The van der Waals surface area contributed by atoms with E-state index in [1.165, 1.54) is 0 Å². The zero-order chi connectivity index (χ0) is 14.8. The lowest BCUT2D eigenvalue weighted by Gasteiger charge is -2.02. The number of carboxylic acid groups (broad SMARTS) is 1. The van der Waals surface area contributed by atoms with E-state index in [9.17, 15) is 4.79 Å². The summed E-state index contributed by atoms with van der Waals surface area (Å²) in [6.07, 6.45) is 1.62. The molecule has 21 heavy (non-hydrogen) atoms. The molecule has 3 rings (SSSR count). The van der Waals surface area contributed by atoms with Crippen LogP contribution in [0.1, 0.15) is 24.2 Å². The molecule has 0 amide bonds. The first-order valence-corrected chi connectivity index (χ1v) is 7.77. The van der Waals surface area contributed by atoms with Crippen LogP contribution in [-0.4, -0.2) is 20.5 Å². The van der Waals surface area contributed by atoms with Gasteiger partial charge in [-0.3, -0.25) is 9.20 Å². The number of hydrogen-bond donors (Lipinski definition) is 1. The van der Waals surface area contributed by atoms with Gasteiger partial charge in [0.1, 0.15) is 0 Å². The molecule has 1 aromatic carbocycles. The number of rotatable bonds is 5. The van der Waals surface area contributed by atoms with Gasteiger partial charge >= 0.3 is 5.97 Å². The molecule has 0 atom stereocenters. The van der Waals surface area contributed by atoms with Crippen LogP contribution in [0.2, 0.25) is 0 Å². The predicted molar refractivity (Wildman–Crippen MR) is 83.8 cm³/mol. The number of fused-ring (bicyclic) bond motifs is 1. The normalized spacial score (nSPS) is 11.1. The van der Waals surface area contributed by atoms with Crippen LogP contribution in [0.25, 0.3) is 16.2 Å². The molecular weight excluding hydrogens is 284 g/mol. The van der Waals surface area contributed by atoms with E-state index >= 15 is 0 Å². The fourth-order valence-electron chi connectivity index (χ4n) is 2.53. The lowest BCUT2D eigenvalue weighted by molar-refractivity contribution is -0.137. The first-order chi connectivity index (χ1) is 10.2. The minimum Gasteiger partial charge on any atom is -0.481 e. The molecule has 0 bridgehead atoms. The highest BCUT2D eigenvalue weighted by Crippen LogP contribution is 2.28. The van der Waals surface area contributed by atoms with Gasteiger partial charge in [-0.2, -0.15) is 0 Å². The third-order valence-electron chi connectivity index (χ3n) is 3.54. The molecule has 0 aliphatic heterocycles. The monoisotopic (exact) mass is 300 g/mol. The standard InChI is InChI=1S/C16H16N2O2S/c1-11-15(12-6-3-2-4-7-12)17-16-18(11)13(10-21-16)8-5-9-14(19)20/h2-4,6-7,10H,5,8-9H2,1H3,(H,19,20). The molecule has 0 saturated heterocycles. The molecule has 0 spiro atoms. The average Bonchev–Trinajstić information content (AvgIpc) is 3.01. The largest absolute Gasteiger partial charge is 0.481 e. The van der Waals surface area contributed by atoms with Crippen LogP contribution in [0.15, 0.2) is 35.7 Å². The van der Waals surface area contributed by atoms with Crippen LogP contribution in [-0.2, 0) is 11.2 Å². The van der Waals surface area contributed by atoms with Gasteiger partial charge in [0.25, 0.3) is 0 Å². The zero-order valence-electron chi connectivity index (χ0n) is 11.7. The number of aliphatic carboxylic acids is 1. The van der Waals surface area contributed by atoms with Crippen LogP contribution in [0.5, 0.6) is 0 Å². The molecular formula is C16H16N2O2S. The van der Waals surface area contributed by atoms with Crippen molar-refractivity contribution in [2.45, 2.75) is 26.2 Å². The molecule has 2 aromatic heterocycles. The topological polar surface area (TPSA) is 54.6 Å². The van der Waals surface area contributed by atoms with Crippen molar-refractivity contribution >= 4 is 22.3 Å². The maximum atomic E-state index is 10.6. The van der Waals surface area contributed by atoms with Crippen LogP contribution >= 0.6 is 11.3 Å². The summed E-state index contributed by atoms with van der Waals surface area (Å²) in [4.78, 5) is 16.3. The Morgan fingerprint density at radius 1 is 1.33 bits per heavy atom. The van der Waals surface area contributed by atoms with Crippen molar-refractivity contribution in [1.29, 1.82) is 0 Å². The van der Waals surface area contributed by atoms with Gasteiger partial charge < -0.3 is 5.11 Å². The smallest absolute Gasteiger partial charge is 0.303 e. The highest BCUT2D eigenvalue weighted by atomic mass is 32.1. The second-order valence-electron chi connectivity index (χ2n) is 5.00. The molecule has 5 heteroatoms. The van der Waals surface area contributed by atoms with Gasteiger partial charge in [-0.1, -0.05) is 30.3 Å². The maximum absolute atomic E-state index is 10.6. The summed E-state index contributed by atoms with van der Waals surface area (Å²) in [6, 6.07) is 10.1. The third kappa shape index (κ3) is 2.69. The van der Waals surface area contributed by atoms with E-state index in [2.05, 4.69) is 28.8 Å². The highest BCUT2D eigenvalue weighted by Gasteiger charge is 2.14. The molecule has 0 unspecified atom stereocenters. The molecule has 108 valence electrons. The van der Waals surface area contributed by atoms with Gasteiger partial charge in [-0.15, -0.1) is 11.3 Å². The van der Waals surface area contributed by atoms with E-state index in [1.54, 1.807) is 11.3 Å². The molecule has 3 aromatic rings. The average molecular weight is 300 g/mol. The summed E-state index contributed by atoms with van der Waals surface area (Å²) in [5.74, 6) is -0.742. The number of benzene rings is 1. The SMILES string of the molecule is Cc1c(-c2ccccc2)nc2scc(CCCC(=O)O)n12. The van der Waals surface area contributed by atoms with Crippen LogP contribution < -0.4 is 0 Å². The van der Waals surface area contributed by atoms with Crippen molar-refractivity contribution in [2.24, 2.45) is 0 Å². The number of aryl methyl sites for hydroxylation is 2. The third-order valence-corrected chi connectivity index (χ3v) is 4.41. The van der Waals surface area contributed by atoms with Crippen LogP contribution in [0.4, 0.5) is 0 Å². The lowest BCUT2D eigenvalue weighted by Crippen LogP contribution is -1.98. The second kappa shape index (κ2) is 5.69. The highest BCUT2D eigenvalue weighted by molar-refractivity contribution is 7.15. The van der Waals surface area contributed by atoms with Crippen molar-refractivity contribution < 1.29 is 9.90 Å². The number of thiazole rings is 1. The van der Waals surface area contributed by atoms with E-state index in [0.29, 0.717) is 6.42 Å². The number of imidazole rings is 1. The Kier molecular flexibility index (Phi) is 3.75. The number of carbonyl (C=O) groups is 1. The van der Waals surface area contributed by atoms with Crippen molar-refractivity contribution in [1.82, 2.24) is 9.38 Å². The minimum absolute atomic E-state index is 0.205. The molecule has 0 aliphatic carbocycles. The maximum Gasteiger partial charge on any atom is 0.303 e. The summed E-state index contributed by atoms with van der Waals surface area (Å²) >= 11 is 1.61. The summed E-state index contributed by atoms with van der Waals surface area (Å²) in [7, 11) is 0. The summed E-state index contributed by atoms with van der Waals surface area (Å²) in [5, 5.41) is 10.8. The van der Waals surface area contributed by atoms with Crippen molar-refractivity contribution in [2.75, 3.05) is 0 Å². The molecule has 1 N–H and O–H groups in total. The summed E-state index contributed by atoms with van der Waals surface area (Å²) in [6.45, 7) is 2.07. The Morgan fingerprint density at radius 2 is 2.10 bits per heavy atom. The van der Waals surface area contributed by atoms with Gasteiger partial charge in [-0.25, -0.2) is 4.98 Å². The van der Waals surface area contributed by atoms with E-state index in [1.807, 2.05) is 18.2 Å². The Labute approximate surface area is 126 Å². The molecule has 2 heterocycles. The van der Waals surface area contributed by atoms with Gasteiger partial charge in [0.05, 0.1) is 5.69 Å². The first kappa shape index (κ1) is 13.8. The molecule has 0 fully saturated rings. The van der Waals surface area contributed by atoms with E-state index < -0.39 is 5.97 Å². The van der Waals surface area contributed by atoms with Crippen molar-refractivity contribution in [3.05, 3.63) is 47.1 Å².